The fourth-order valence-electron chi connectivity index (χ4n) is 17.6. The number of likely N-dealkylation sites (tertiary alicyclic amines) is 1. The molecule has 0 spiro atoms. The molecule has 1 amide bonds. The molecule has 1 aromatic heterocycles. The van der Waals surface area contributed by atoms with E-state index < -0.39 is 5.41 Å². The number of hydrogen-bond donors (Lipinski definition) is 0. The highest BCUT2D eigenvalue weighted by atomic mass is 16.5. The fraction of sp³-hybridized carbons (Fsp3) is 0.661. The summed E-state index contributed by atoms with van der Waals surface area (Å²) in [5.41, 5.74) is 3.60. The van der Waals surface area contributed by atoms with Gasteiger partial charge in [0.25, 0.3) is 0 Å². The Kier molecular flexibility index (Phi) is 11.4. The molecule has 7 aliphatic rings. The lowest BCUT2D eigenvalue weighted by Gasteiger charge is -2.73. The Morgan fingerprint density at radius 2 is 1.45 bits per heavy atom. The van der Waals surface area contributed by atoms with E-state index in [-0.39, 0.29) is 69.6 Å². The van der Waals surface area contributed by atoms with Gasteiger partial charge in [0, 0.05) is 30.8 Å². The van der Waals surface area contributed by atoms with E-state index in [1.807, 2.05) is 50.2 Å². The van der Waals surface area contributed by atoms with Crippen molar-refractivity contribution in [2.24, 2.45) is 81.0 Å². The molecule has 7 fully saturated rings. The number of carbonyl (C=O) groups excluding carboxylic acids is 3. The van der Waals surface area contributed by atoms with Crippen molar-refractivity contribution in [1.82, 2.24) is 14.5 Å². The molecule has 1 aliphatic heterocycles. The zero-order valence-corrected chi connectivity index (χ0v) is 42.2. The summed E-state index contributed by atoms with van der Waals surface area (Å²) in [7, 11) is 2.10. The number of amides is 1. The van der Waals surface area contributed by atoms with Crippen LogP contribution in [0.25, 0.3) is 11.3 Å². The zero-order chi connectivity index (χ0) is 47.5. The lowest BCUT2D eigenvalue weighted by atomic mass is 9.32. The standard InChI is InChI=1S/C59H79N3O5/c1-37(2)40-25-30-59(53(65)62-33-17-22-45(62)50-60-44(35-61(50)10)39-20-15-12-16-21-39)32-31-57(8)41(49(40)59)23-24-47-56(7)28-27-48(55(5,6)46(56)26-29-58(47,57)9)67-52(64)43-34-42(54(43,3)4)51(63)66-36-38-18-13-11-14-19-38/h11-16,18-21,35,40-43,45-49H,1,17,22-34,36H2,2-10H3/t40?,41-,42+,43-,45?,46+,47-,48+,49-,56+,57-,58-,59+/m1/s1. The molecule has 2 heterocycles. The van der Waals surface area contributed by atoms with Gasteiger partial charge in [0.05, 0.1) is 29.0 Å². The normalized spacial score (nSPS) is 39.2. The number of aryl methyl sites for hydroxylation is 1. The minimum absolute atomic E-state index is 0.00509. The lowest BCUT2D eigenvalue weighted by Crippen LogP contribution is -2.67. The van der Waals surface area contributed by atoms with Crippen molar-refractivity contribution in [2.45, 2.75) is 158 Å². The summed E-state index contributed by atoms with van der Waals surface area (Å²) in [6.07, 6.45) is 15.1. The van der Waals surface area contributed by atoms with Gasteiger partial charge in [-0.3, -0.25) is 14.4 Å². The van der Waals surface area contributed by atoms with Gasteiger partial charge in [-0.15, -0.1) is 0 Å². The van der Waals surface area contributed by atoms with E-state index in [2.05, 4.69) is 95.1 Å². The third kappa shape index (κ3) is 6.99. The molecule has 10 rings (SSSR count). The second kappa shape index (κ2) is 16.5. The largest absolute Gasteiger partial charge is 0.462 e. The van der Waals surface area contributed by atoms with E-state index in [1.165, 1.54) is 18.4 Å². The highest BCUT2D eigenvalue weighted by Gasteiger charge is 2.73. The van der Waals surface area contributed by atoms with Crippen LogP contribution in [0, 0.1) is 73.9 Å². The number of ether oxygens (including phenoxy) is 2. The first-order chi connectivity index (χ1) is 31.8. The van der Waals surface area contributed by atoms with Crippen molar-refractivity contribution in [2.75, 3.05) is 6.54 Å². The molecule has 2 aromatic carbocycles. The Bertz CT molecular complexity index is 2410. The van der Waals surface area contributed by atoms with Gasteiger partial charge in [-0.1, -0.05) is 121 Å². The van der Waals surface area contributed by atoms with Crippen LogP contribution in [0.5, 0.6) is 0 Å². The topological polar surface area (TPSA) is 90.7 Å². The molecule has 0 bridgehead atoms. The number of rotatable bonds is 9. The molecule has 6 saturated carbocycles. The Morgan fingerprint density at radius 3 is 2.15 bits per heavy atom. The number of aromatic nitrogens is 2. The Labute approximate surface area is 401 Å². The third-order valence-corrected chi connectivity index (χ3v) is 21.5. The number of nitrogens with zero attached hydrogens (tertiary/aromatic N) is 3. The quantitative estimate of drug-likeness (QED) is 0.157. The van der Waals surface area contributed by atoms with Crippen LogP contribution >= 0.6 is 0 Å². The number of fused-ring (bicyclic) bond motifs is 7. The van der Waals surface area contributed by atoms with Gasteiger partial charge in [-0.05, 0) is 147 Å². The van der Waals surface area contributed by atoms with E-state index in [0.29, 0.717) is 41.9 Å². The molecule has 6 aliphatic carbocycles. The molecule has 3 aromatic rings. The summed E-state index contributed by atoms with van der Waals surface area (Å²) < 4.78 is 14.6. The number of carbonyl (C=O) groups is 3. The van der Waals surface area contributed by atoms with Crippen molar-refractivity contribution in [1.29, 1.82) is 0 Å². The number of imidazole rings is 1. The molecule has 13 atom stereocenters. The molecule has 2 unspecified atom stereocenters. The molecular formula is C59H79N3O5. The van der Waals surface area contributed by atoms with E-state index in [0.717, 1.165) is 93.4 Å². The van der Waals surface area contributed by atoms with Gasteiger partial charge in [0.1, 0.15) is 18.5 Å². The summed E-state index contributed by atoms with van der Waals surface area (Å²) in [6.45, 7) is 24.7. The molecular weight excluding hydrogens is 831 g/mol. The lowest BCUT2D eigenvalue weighted by molar-refractivity contribution is -0.251. The molecule has 67 heavy (non-hydrogen) atoms. The highest BCUT2D eigenvalue weighted by Crippen LogP contribution is 2.78. The van der Waals surface area contributed by atoms with Gasteiger partial charge in [0.15, 0.2) is 0 Å². The summed E-state index contributed by atoms with van der Waals surface area (Å²) >= 11 is 0. The average Bonchev–Trinajstić information content (AvgIpc) is 4.05. The molecule has 0 radical (unpaired) electrons. The van der Waals surface area contributed by atoms with Crippen LogP contribution in [-0.4, -0.2) is 44.9 Å². The minimum atomic E-state index is -0.523. The van der Waals surface area contributed by atoms with E-state index in [1.54, 1.807) is 0 Å². The summed E-state index contributed by atoms with van der Waals surface area (Å²) in [5.74, 6) is 2.51. The first-order valence-corrected chi connectivity index (χ1v) is 26.2. The first-order valence-electron chi connectivity index (χ1n) is 26.2. The van der Waals surface area contributed by atoms with Crippen molar-refractivity contribution in [3.05, 3.63) is 90.4 Å². The van der Waals surface area contributed by atoms with Crippen LogP contribution in [-0.2, 0) is 37.5 Å². The second-order valence-electron chi connectivity index (χ2n) is 25.0. The SMILES string of the molecule is C=C(C)C1CC[C@]2(C(=O)N3CCCC3c3nc(-c4ccccc4)cn3C)CC[C@]3(C)[C@H](CC[C@@H]4[C@@]5(C)CC[C@H](OC(=O)[C@H]6C[C@@H](C(=O)OCc7ccccc7)C6(C)C)C(C)(C)[C@@H]5CC[C@]43C)[C@@H]12. The molecule has 1 saturated heterocycles. The van der Waals surface area contributed by atoms with Crippen LogP contribution in [0.2, 0.25) is 0 Å². The van der Waals surface area contributed by atoms with Gasteiger partial charge >= 0.3 is 11.9 Å². The second-order valence-corrected chi connectivity index (χ2v) is 25.0. The van der Waals surface area contributed by atoms with E-state index >= 15 is 4.79 Å². The molecule has 360 valence electrons. The smallest absolute Gasteiger partial charge is 0.309 e. The van der Waals surface area contributed by atoms with Gasteiger partial charge in [-0.25, -0.2) is 4.98 Å². The average molecular weight is 910 g/mol. The zero-order valence-electron chi connectivity index (χ0n) is 42.2. The first kappa shape index (κ1) is 46.5. The Balaban J connectivity index is 0.855. The van der Waals surface area contributed by atoms with Crippen LogP contribution in [0.15, 0.2) is 79.0 Å². The van der Waals surface area contributed by atoms with E-state index in [9.17, 15) is 9.59 Å². The van der Waals surface area contributed by atoms with Crippen LogP contribution in [0.1, 0.15) is 156 Å². The highest BCUT2D eigenvalue weighted by molar-refractivity contribution is 5.85. The van der Waals surface area contributed by atoms with Gasteiger partial charge in [-0.2, -0.15) is 0 Å². The maximum atomic E-state index is 15.7. The maximum absolute atomic E-state index is 15.7. The maximum Gasteiger partial charge on any atom is 0.309 e. The number of esters is 2. The Hall–Kier alpha value is -4.20. The Morgan fingerprint density at radius 1 is 0.746 bits per heavy atom. The number of hydrogen-bond acceptors (Lipinski definition) is 6. The summed E-state index contributed by atoms with van der Waals surface area (Å²) in [6, 6.07) is 20.2. The van der Waals surface area contributed by atoms with Crippen LogP contribution < -0.4 is 0 Å². The minimum Gasteiger partial charge on any atom is -0.462 e. The summed E-state index contributed by atoms with van der Waals surface area (Å²) in [4.78, 5) is 50.6. The van der Waals surface area contributed by atoms with Gasteiger partial charge in [0.2, 0.25) is 5.91 Å². The molecule has 8 heteroatoms. The van der Waals surface area contributed by atoms with Crippen LogP contribution in [0.4, 0.5) is 0 Å². The third-order valence-electron chi connectivity index (χ3n) is 21.5. The summed E-state index contributed by atoms with van der Waals surface area (Å²) in [5, 5.41) is 0. The molecule has 8 nitrogen and oxygen atoms in total. The fourth-order valence-corrected chi connectivity index (χ4v) is 17.6. The predicted molar refractivity (Wildman–Crippen MR) is 263 cm³/mol. The van der Waals surface area contributed by atoms with Crippen molar-refractivity contribution in [3.8, 4) is 11.3 Å². The van der Waals surface area contributed by atoms with Gasteiger partial charge < -0.3 is 18.9 Å². The van der Waals surface area contributed by atoms with E-state index in [4.69, 9.17) is 14.5 Å². The molecule has 0 N–H and O–H groups in total. The number of benzene rings is 2. The predicted octanol–water partition coefficient (Wildman–Crippen LogP) is 12.7. The van der Waals surface area contributed by atoms with Crippen molar-refractivity contribution in [3.63, 3.8) is 0 Å². The van der Waals surface area contributed by atoms with Crippen LogP contribution in [0.3, 0.4) is 0 Å². The monoisotopic (exact) mass is 910 g/mol. The van der Waals surface area contributed by atoms with Crippen molar-refractivity contribution >= 4 is 17.8 Å². The van der Waals surface area contributed by atoms with Crippen molar-refractivity contribution < 1.29 is 23.9 Å². The number of allylic oxidation sites excluding steroid dienone is 1.